The summed E-state index contributed by atoms with van der Waals surface area (Å²) < 4.78 is 24.4. The number of rotatable bonds is 3. The highest BCUT2D eigenvalue weighted by Gasteiger charge is 2.29. The molecule has 1 heterocycles. The van der Waals surface area contributed by atoms with Crippen molar-refractivity contribution in [2.75, 3.05) is 0 Å². The number of hydrogen-bond donors (Lipinski definition) is 0. The molecule has 0 saturated carbocycles. The van der Waals surface area contributed by atoms with Gasteiger partial charge >= 0.3 is 4.71 Å². The summed E-state index contributed by atoms with van der Waals surface area (Å²) in [6, 6.07) is 3.29. The van der Waals surface area contributed by atoms with Crippen LogP contribution < -0.4 is 0 Å². The van der Waals surface area contributed by atoms with E-state index in [1.54, 1.807) is 19.1 Å². The van der Waals surface area contributed by atoms with E-state index in [1.807, 2.05) is 0 Å². The molecule has 0 bridgehead atoms. The molecule has 9 heteroatoms. The number of thioether (sulfide) groups is 1. The van der Waals surface area contributed by atoms with E-state index in [0.29, 0.717) is 25.9 Å². The van der Waals surface area contributed by atoms with Gasteiger partial charge < -0.3 is 0 Å². The molecule has 108 valence electrons. The molecule has 0 fully saturated rings. The second-order valence-electron chi connectivity index (χ2n) is 3.77. The molecule has 2 aromatic rings. The van der Waals surface area contributed by atoms with E-state index in [-0.39, 0.29) is 16.7 Å². The van der Waals surface area contributed by atoms with Crippen LogP contribution in [0.4, 0.5) is 8.78 Å². The Labute approximate surface area is 141 Å². The van der Waals surface area contributed by atoms with Gasteiger partial charge in [0.2, 0.25) is 0 Å². The van der Waals surface area contributed by atoms with Gasteiger partial charge in [-0.15, -0.1) is 0 Å². The van der Waals surface area contributed by atoms with Crippen LogP contribution >= 0.6 is 62.5 Å². The number of nitrogens with zero attached hydrogens (tertiary/aromatic N) is 2. The summed E-state index contributed by atoms with van der Waals surface area (Å²) in [6.07, 6.45) is 1.30. The Kier molecular flexibility index (Phi) is 4.91. The summed E-state index contributed by atoms with van der Waals surface area (Å²) in [6.45, 7) is 1.63. The van der Waals surface area contributed by atoms with Crippen LogP contribution in [0.2, 0.25) is 10.0 Å². The van der Waals surface area contributed by atoms with Crippen LogP contribution in [-0.4, -0.2) is 14.5 Å². The van der Waals surface area contributed by atoms with Crippen LogP contribution in [0, 0.1) is 6.92 Å². The highest BCUT2D eigenvalue weighted by Crippen LogP contribution is 2.41. The third-order valence-corrected chi connectivity index (χ3v) is 4.50. The van der Waals surface area contributed by atoms with Crippen molar-refractivity contribution in [1.29, 1.82) is 0 Å². The Morgan fingerprint density at radius 3 is 2.35 bits per heavy atom. The van der Waals surface area contributed by atoms with E-state index in [1.165, 1.54) is 10.9 Å². The van der Waals surface area contributed by atoms with Crippen molar-refractivity contribution < 1.29 is 8.78 Å². The maximum Gasteiger partial charge on any atom is 0.375 e. The Morgan fingerprint density at radius 1 is 1.30 bits per heavy atom. The van der Waals surface area contributed by atoms with E-state index < -0.39 is 4.71 Å². The first-order chi connectivity index (χ1) is 9.19. The van der Waals surface area contributed by atoms with E-state index >= 15 is 0 Å². The summed E-state index contributed by atoms with van der Waals surface area (Å²) in [5.41, 5.74) is 0.903. The number of benzene rings is 1. The monoisotopic (exact) mass is 420 g/mol. The molecule has 20 heavy (non-hydrogen) atoms. The molecule has 0 aliphatic rings. The Hall–Kier alpha value is -0.0100. The van der Waals surface area contributed by atoms with E-state index in [0.717, 1.165) is 0 Å². The predicted octanol–water partition coefficient (Wildman–Crippen LogP) is 6.13. The van der Waals surface area contributed by atoms with Crippen LogP contribution in [0.25, 0.3) is 5.69 Å². The maximum atomic E-state index is 12.8. The smallest absolute Gasteiger partial charge is 0.234 e. The largest absolute Gasteiger partial charge is 0.375 e. The predicted molar refractivity (Wildman–Crippen MR) is 82.7 cm³/mol. The van der Waals surface area contributed by atoms with Gasteiger partial charge in [-0.3, -0.25) is 0 Å². The van der Waals surface area contributed by atoms with Gasteiger partial charge in [0.1, 0.15) is 5.69 Å². The second kappa shape index (κ2) is 6.01. The maximum absolute atomic E-state index is 12.8. The lowest BCUT2D eigenvalue weighted by Gasteiger charge is -2.11. The molecular formula is C11H6BrCl3F2N2S. The van der Waals surface area contributed by atoms with Crippen LogP contribution in [0.15, 0.2) is 27.7 Å². The van der Waals surface area contributed by atoms with Gasteiger partial charge in [0, 0.05) is 4.47 Å². The van der Waals surface area contributed by atoms with Crippen molar-refractivity contribution in [1.82, 2.24) is 9.78 Å². The molecule has 2 nitrogen and oxygen atoms in total. The zero-order chi connectivity index (χ0) is 15.1. The molecule has 0 aliphatic carbocycles. The molecule has 0 N–H and O–H groups in total. The van der Waals surface area contributed by atoms with Crippen molar-refractivity contribution in [2.45, 2.75) is 16.5 Å². The first-order valence-electron chi connectivity index (χ1n) is 5.14. The molecule has 2 rings (SSSR count). The second-order valence-corrected chi connectivity index (χ2v) is 7.36. The first-order valence-corrected chi connectivity index (χ1v) is 7.88. The molecular weight excluding hydrogens is 416 g/mol. The molecule has 1 aromatic carbocycles. The molecule has 0 radical (unpaired) electrons. The highest BCUT2D eigenvalue weighted by molar-refractivity contribution is 9.10. The molecule has 1 aromatic heterocycles. The van der Waals surface area contributed by atoms with Crippen molar-refractivity contribution in [3.63, 3.8) is 0 Å². The highest BCUT2D eigenvalue weighted by atomic mass is 79.9. The van der Waals surface area contributed by atoms with Gasteiger partial charge in [-0.1, -0.05) is 39.1 Å². The molecule has 0 aliphatic heterocycles. The number of hydrogen-bond acceptors (Lipinski definition) is 2. The number of halogens is 6. The quantitative estimate of drug-likeness (QED) is 0.437. The standard InChI is InChI=1S/C11H6BrCl3F2N2S/c1-5-9(20-11(15,16)17)4-18-19(5)10-7(13)2-6(12)3-8(10)14/h2-4H,1H3. The van der Waals surface area contributed by atoms with Crippen LogP contribution in [0.5, 0.6) is 0 Å². The third kappa shape index (κ3) is 3.60. The average Bonchev–Trinajstić information content (AvgIpc) is 2.58. The Bertz CT molecular complexity index is 635. The van der Waals surface area contributed by atoms with Gasteiger partial charge in [0.25, 0.3) is 0 Å². The first kappa shape index (κ1) is 16.4. The SMILES string of the molecule is Cc1c(SC(F)(F)Cl)cnn1-c1c(Cl)cc(Br)cc1Cl. The van der Waals surface area contributed by atoms with Crippen molar-refractivity contribution >= 4 is 62.5 Å². The normalized spacial score (nSPS) is 11.9. The summed E-state index contributed by atoms with van der Waals surface area (Å²) in [5.74, 6) is 0. The van der Waals surface area contributed by atoms with Gasteiger partial charge in [-0.05, 0) is 42.4 Å². The van der Waals surface area contributed by atoms with Crippen LogP contribution in [-0.2, 0) is 0 Å². The average molecular weight is 423 g/mol. The van der Waals surface area contributed by atoms with Crippen molar-refractivity contribution in [2.24, 2.45) is 0 Å². The lowest BCUT2D eigenvalue weighted by Crippen LogP contribution is -2.02. The van der Waals surface area contributed by atoms with Gasteiger partial charge in [0.15, 0.2) is 0 Å². The lowest BCUT2D eigenvalue weighted by atomic mass is 10.3. The summed E-state index contributed by atoms with van der Waals surface area (Å²) in [7, 11) is 0. The zero-order valence-corrected chi connectivity index (χ0v) is 14.5. The minimum Gasteiger partial charge on any atom is -0.234 e. The molecule has 0 saturated heterocycles. The fourth-order valence-corrected chi connectivity index (χ4v) is 3.78. The molecule has 0 spiro atoms. The summed E-state index contributed by atoms with van der Waals surface area (Å²) >= 11 is 20.6. The topological polar surface area (TPSA) is 17.8 Å². The fourth-order valence-electron chi connectivity index (χ4n) is 1.58. The van der Waals surface area contributed by atoms with Gasteiger partial charge in [-0.2, -0.15) is 13.9 Å². The van der Waals surface area contributed by atoms with E-state index in [2.05, 4.69) is 21.0 Å². The Balaban J connectivity index is 2.50. The third-order valence-electron chi connectivity index (χ3n) is 2.38. The van der Waals surface area contributed by atoms with Gasteiger partial charge in [-0.25, -0.2) is 4.68 Å². The van der Waals surface area contributed by atoms with Gasteiger partial charge in [0.05, 0.1) is 26.8 Å². The van der Waals surface area contributed by atoms with E-state index in [4.69, 9.17) is 34.8 Å². The van der Waals surface area contributed by atoms with Crippen LogP contribution in [0.3, 0.4) is 0 Å². The minimum atomic E-state index is -3.40. The van der Waals surface area contributed by atoms with Crippen LogP contribution in [0.1, 0.15) is 5.69 Å². The van der Waals surface area contributed by atoms with Crippen molar-refractivity contribution in [3.8, 4) is 5.69 Å². The minimum absolute atomic E-state index is 0.211. The summed E-state index contributed by atoms with van der Waals surface area (Å²) in [4.78, 5) is 0.250. The summed E-state index contributed by atoms with van der Waals surface area (Å²) in [5, 5.41) is 4.74. The fraction of sp³-hybridized carbons (Fsp3) is 0.182. The molecule has 0 atom stereocenters. The lowest BCUT2D eigenvalue weighted by molar-refractivity contribution is 0.203. The van der Waals surface area contributed by atoms with E-state index in [9.17, 15) is 8.78 Å². The molecule has 0 amide bonds. The number of alkyl halides is 3. The Morgan fingerprint density at radius 2 is 1.85 bits per heavy atom. The molecule has 0 unspecified atom stereocenters. The van der Waals surface area contributed by atoms with Crippen molar-refractivity contribution in [3.05, 3.63) is 38.5 Å². The number of aromatic nitrogens is 2. The zero-order valence-electron chi connectivity index (χ0n) is 9.80.